The fraction of sp³-hybridized carbons (Fsp3) is 0.273. The van der Waals surface area contributed by atoms with Crippen LogP contribution in [0.25, 0.3) is 0 Å². The van der Waals surface area contributed by atoms with E-state index >= 15 is 0 Å². The van der Waals surface area contributed by atoms with E-state index in [-0.39, 0.29) is 0 Å². The van der Waals surface area contributed by atoms with Crippen LogP contribution in [-0.4, -0.2) is 10.1 Å². The fourth-order valence-corrected chi connectivity index (χ4v) is 1.86. The molecule has 0 bridgehead atoms. The second kappa shape index (κ2) is 4.66. The van der Waals surface area contributed by atoms with Gasteiger partial charge >= 0.3 is 0 Å². The van der Waals surface area contributed by atoms with Gasteiger partial charge in [0.15, 0.2) is 0 Å². The molecule has 0 fully saturated rings. The van der Waals surface area contributed by atoms with Crippen molar-refractivity contribution < 1.29 is 13.0 Å². The zero-order chi connectivity index (χ0) is 11.5. The first-order valence-electron chi connectivity index (χ1n) is 4.43. The first-order valence-corrected chi connectivity index (χ1v) is 5.64. The van der Waals surface area contributed by atoms with Gasteiger partial charge < -0.3 is 0 Å². The lowest BCUT2D eigenvalue weighted by atomic mass is 10.2. The highest BCUT2D eigenvalue weighted by Gasteiger charge is 2.16. The molecule has 0 amide bonds. The monoisotopic (exact) mass is 230 g/mol. The number of aryl methyl sites for hydroxylation is 1. The van der Waals surface area contributed by atoms with Gasteiger partial charge in [0.05, 0.1) is 10.8 Å². The number of alkyl halides is 2. The molecule has 0 radical (unpaired) electrons. The molecule has 0 aliphatic heterocycles. The molecule has 0 aliphatic carbocycles. The van der Waals surface area contributed by atoms with Crippen LogP contribution in [0.1, 0.15) is 12.5 Å². The lowest BCUT2D eigenvalue weighted by Crippen LogP contribution is -2.04. The second-order valence-electron chi connectivity index (χ2n) is 3.37. The maximum absolute atomic E-state index is 12.4. The number of hydrogen-bond acceptors (Lipinski definition) is 1. The summed E-state index contributed by atoms with van der Waals surface area (Å²) in [4.78, 5) is 0.529. The van der Waals surface area contributed by atoms with Crippen LogP contribution in [0.5, 0.6) is 0 Å². The smallest absolute Gasteiger partial charge is 0.250 e. The van der Waals surface area contributed by atoms with Crippen molar-refractivity contribution in [3.8, 4) is 0 Å². The van der Waals surface area contributed by atoms with Crippen LogP contribution in [0, 0.1) is 6.92 Å². The molecule has 1 nitrogen and oxygen atoms in total. The summed E-state index contributed by atoms with van der Waals surface area (Å²) in [6.45, 7) is 2.67. The molecule has 0 aromatic heterocycles. The Kier molecular flexibility index (Phi) is 3.74. The predicted octanol–water partition coefficient (Wildman–Crippen LogP) is 3.27. The maximum atomic E-state index is 12.4. The van der Waals surface area contributed by atoms with Crippen molar-refractivity contribution in [1.82, 2.24) is 0 Å². The summed E-state index contributed by atoms with van der Waals surface area (Å²) in [5, 5.41) is 1.02. The first kappa shape index (κ1) is 12.0. The molecule has 82 valence electrons. The average Bonchev–Trinajstić information content (AvgIpc) is 2.14. The van der Waals surface area contributed by atoms with E-state index in [9.17, 15) is 13.0 Å². The van der Waals surface area contributed by atoms with Gasteiger partial charge in [-0.2, -0.15) is 0 Å². The lowest BCUT2D eigenvalue weighted by Gasteiger charge is -2.02. The van der Waals surface area contributed by atoms with Gasteiger partial charge in [-0.1, -0.05) is 17.7 Å². The second-order valence-corrected chi connectivity index (χ2v) is 4.71. The van der Waals surface area contributed by atoms with Crippen molar-refractivity contribution in [3.05, 3.63) is 41.3 Å². The molecule has 0 spiro atoms. The van der Waals surface area contributed by atoms with E-state index in [1.165, 1.54) is 0 Å². The summed E-state index contributed by atoms with van der Waals surface area (Å²) in [5.41, 5.74) is 1.04. The van der Waals surface area contributed by atoms with Crippen LogP contribution in [0.4, 0.5) is 8.78 Å². The summed E-state index contributed by atoms with van der Waals surface area (Å²) in [6, 6.07) is 6.93. The van der Waals surface area contributed by atoms with Crippen molar-refractivity contribution >= 4 is 10.8 Å². The van der Waals surface area contributed by atoms with Crippen LogP contribution in [0.2, 0.25) is 0 Å². The summed E-state index contributed by atoms with van der Waals surface area (Å²) in [6.07, 6.45) is 0.656. The van der Waals surface area contributed by atoms with Crippen LogP contribution >= 0.6 is 0 Å². The van der Waals surface area contributed by atoms with Gasteiger partial charge in [-0.15, -0.1) is 0 Å². The van der Waals surface area contributed by atoms with Crippen LogP contribution in [-0.2, 0) is 10.8 Å². The maximum Gasteiger partial charge on any atom is 0.264 e. The normalized spacial score (nSPS) is 14.4. The Balaban J connectivity index is 2.78. The highest BCUT2D eigenvalue weighted by molar-refractivity contribution is 7.88. The minimum absolute atomic E-state index is 0.529. The fourth-order valence-electron chi connectivity index (χ4n) is 0.932. The minimum atomic E-state index is -2.92. The number of hydrogen-bond donors (Lipinski definition) is 0. The molecule has 15 heavy (non-hydrogen) atoms. The van der Waals surface area contributed by atoms with Crippen molar-refractivity contribution in [3.63, 3.8) is 0 Å². The van der Waals surface area contributed by atoms with Gasteiger partial charge in [0, 0.05) is 17.2 Å². The Morgan fingerprint density at radius 2 is 1.80 bits per heavy atom. The van der Waals surface area contributed by atoms with E-state index in [2.05, 4.69) is 0 Å². The first-order chi connectivity index (χ1) is 6.88. The van der Waals surface area contributed by atoms with Gasteiger partial charge in [-0.3, -0.25) is 0 Å². The molecule has 0 aliphatic rings. The van der Waals surface area contributed by atoms with Crippen LogP contribution in [0.15, 0.2) is 40.6 Å². The summed E-state index contributed by atoms with van der Waals surface area (Å²) >= 11 is 0. The molecule has 0 saturated carbocycles. The molecular weight excluding hydrogens is 218 g/mol. The summed E-state index contributed by atoms with van der Waals surface area (Å²) in [7, 11) is -1.50. The molecule has 0 saturated heterocycles. The minimum Gasteiger partial charge on any atom is -0.250 e. The van der Waals surface area contributed by atoms with Crippen LogP contribution in [0.3, 0.4) is 0 Å². The van der Waals surface area contributed by atoms with Crippen LogP contribution < -0.4 is 0 Å². The zero-order valence-electron chi connectivity index (χ0n) is 8.54. The average molecular weight is 230 g/mol. The van der Waals surface area contributed by atoms with Crippen molar-refractivity contribution in [2.75, 3.05) is 0 Å². The molecule has 4 heteroatoms. The van der Waals surface area contributed by atoms with E-state index in [4.69, 9.17) is 0 Å². The standard InChI is InChI=1S/C11H12F2OS/c1-9-3-5-10(6-4-9)15(14)8-7-11(2,12)13/h3-8H,1-2H3/b8-7+/t15-/m1/s1. The molecule has 0 N–H and O–H groups in total. The van der Waals surface area contributed by atoms with E-state index in [0.717, 1.165) is 17.9 Å². The molecule has 0 unspecified atom stereocenters. The van der Waals surface area contributed by atoms with Gasteiger partial charge in [-0.05, 0) is 25.1 Å². The summed E-state index contributed by atoms with van der Waals surface area (Å²) < 4.78 is 36.4. The van der Waals surface area contributed by atoms with Gasteiger partial charge in [-0.25, -0.2) is 13.0 Å². The van der Waals surface area contributed by atoms with Crippen molar-refractivity contribution in [1.29, 1.82) is 0 Å². The third-order valence-corrected chi connectivity index (χ3v) is 2.86. The quantitative estimate of drug-likeness (QED) is 0.778. The van der Waals surface area contributed by atoms with Gasteiger partial charge in [0.25, 0.3) is 5.92 Å². The van der Waals surface area contributed by atoms with Gasteiger partial charge in [0.2, 0.25) is 0 Å². The van der Waals surface area contributed by atoms with E-state index in [1.54, 1.807) is 24.3 Å². The van der Waals surface area contributed by atoms with E-state index < -0.39 is 16.7 Å². The third kappa shape index (κ3) is 4.34. The Morgan fingerprint density at radius 3 is 2.27 bits per heavy atom. The Bertz CT molecular complexity index is 377. The van der Waals surface area contributed by atoms with E-state index in [1.807, 2.05) is 6.92 Å². The number of allylic oxidation sites excluding steroid dienone is 1. The lowest BCUT2D eigenvalue weighted by molar-refractivity contribution is 0.0777. The highest BCUT2D eigenvalue weighted by Crippen LogP contribution is 2.15. The summed E-state index contributed by atoms with van der Waals surface area (Å²) in [5.74, 6) is -2.92. The van der Waals surface area contributed by atoms with Crippen molar-refractivity contribution in [2.45, 2.75) is 24.7 Å². The number of rotatable bonds is 3. The molecule has 1 rings (SSSR count). The molecular formula is C11H12F2OS. The molecule has 0 heterocycles. The molecule has 1 aromatic rings. The highest BCUT2D eigenvalue weighted by atomic mass is 32.2. The Labute approximate surface area is 90.3 Å². The van der Waals surface area contributed by atoms with E-state index in [0.29, 0.717) is 11.0 Å². The Hall–Kier alpha value is -1.03. The molecule has 1 aromatic carbocycles. The SMILES string of the molecule is Cc1ccc([S@](=O)/C=C/C(C)(F)F)cc1. The topological polar surface area (TPSA) is 17.1 Å². The van der Waals surface area contributed by atoms with Crippen molar-refractivity contribution in [2.24, 2.45) is 0 Å². The largest absolute Gasteiger partial charge is 0.264 e. The number of halogens is 2. The predicted molar refractivity (Wildman–Crippen MR) is 57.3 cm³/mol. The molecule has 1 atom stereocenters. The Morgan fingerprint density at radius 1 is 1.27 bits per heavy atom. The number of benzene rings is 1. The zero-order valence-corrected chi connectivity index (χ0v) is 9.35. The van der Waals surface area contributed by atoms with Gasteiger partial charge in [0.1, 0.15) is 0 Å². The third-order valence-electron chi connectivity index (χ3n) is 1.74.